The van der Waals surface area contributed by atoms with Gasteiger partial charge >= 0.3 is 0 Å². The molecule has 0 aromatic carbocycles. The van der Waals surface area contributed by atoms with E-state index < -0.39 is 0 Å². The highest BCUT2D eigenvalue weighted by molar-refractivity contribution is 5.84. The maximum atomic E-state index is 12.2. The van der Waals surface area contributed by atoms with Crippen LogP contribution < -0.4 is 5.32 Å². The third kappa shape index (κ3) is 2.10. The third-order valence-electron chi connectivity index (χ3n) is 4.08. The summed E-state index contributed by atoms with van der Waals surface area (Å²) in [5.74, 6) is 0.713. The second kappa shape index (κ2) is 4.02. The minimum Gasteiger partial charge on any atom is -0.326 e. The van der Waals surface area contributed by atoms with Crippen molar-refractivity contribution in [1.82, 2.24) is 10.2 Å². The van der Waals surface area contributed by atoms with E-state index in [0.29, 0.717) is 23.3 Å². The average molecular weight is 224 g/mol. The monoisotopic (exact) mass is 224 g/mol. The predicted octanol–water partition coefficient (Wildman–Crippen LogP) is 1.98. The van der Waals surface area contributed by atoms with Gasteiger partial charge in [-0.2, -0.15) is 0 Å². The molecule has 0 spiro atoms. The highest BCUT2D eigenvalue weighted by atomic mass is 16.2. The van der Waals surface area contributed by atoms with Gasteiger partial charge < -0.3 is 4.90 Å². The maximum Gasteiger partial charge on any atom is 0.241 e. The summed E-state index contributed by atoms with van der Waals surface area (Å²) in [6, 6.07) is 0.516. The van der Waals surface area contributed by atoms with Gasteiger partial charge in [-0.3, -0.25) is 10.1 Å². The first-order valence-corrected chi connectivity index (χ1v) is 6.44. The van der Waals surface area contributed by atoms with Gasteiger partial charge in [0.25, 0.3) is 0 Å². The fourth-order valence-corrected chi connectivity index (χ4v) is 3.04. The van der Waals surface area contributed by atoms with Crippen LogP contribution in [0.2, 0.25) is 0 Å². The molecule has 1 saturated carbocycles. The molecule has 0 radical (unpaired) electrons. The fourth-order valence-electron chi connectivity index (χ4n) is 3.04. The molecule has 2 unspecified atom stereocenters. The zero-order chi connectivity index (χ0) is 11.9. The van der Waals surface area contributed by atoms with Crippen molar-refractivity contribution in [3.05, 3.63) is 0 Å². The Kier molecular flexibility index (Phi) is 2.99. The van der Waals surface area contributed by atoms with Gasteiger partial charge in [-0.05, 0) is 30.6 Å². The van der Waals surface area contributed by atoms with Gasteiger partial charge in [-0.1, -0.05) is 27.7 Å². The molecule has 2 atom stereocenters. The summed E-state index contributed by atoms with van der Waals surface area (Å²) in [5, 5.41) is 3.34. The Balaban J connectivity index is 2.00. The summed E-state index contributed by atoms with van der Waals surface area (Å²) in [5.41, 5.74) is 0.418. The highest BCUT2D eigenvalue weighted by Gasteiger charge is 2.41. The van der Waals surface area contributed by atoms with Crippen LogP contribution in [0, 0.1) is 11.3 Å². The number of carbonyl (C=O) groups excluding carboxylic acids is 1. The first-order chi connectivity index (χ1) is 7.41. The number of carbonyl (C=O) groups is 1. The average Bonchev–Trinajstić information content (AvgIpc) is 2.69. The van der Waals surface area contributed by atoms with Gasteiger partial charge in [-0.15, -0.1) is 0 Å². The molecule has 3 nitrogen and oxygen atoms in total. The topological polar surface area (TPSA) is 32.3 Å². The lowest BCUT2D eigenvalue weighted by Gasteiger charge is -2.25. The summed E-state index contributed by atoms with van der Waals surface area (Å²) >= 11 is 0. The lowest BCUT2D eigenvalue weighted by Crippen LogP contribution is -2.39. The number of rotatable bonds is 2. The molecule has 0 bridgehead atoms. The highest BCUT2D eigenvalue weighted by Crippen LogP contribution is 2.40. The van der Waals surface area contributed by atoms with Crippen molar-refractivity contribution in [3.63, 3.8) is 0 Å². The van der Waals surface area contributed by atoms with Crippen LogP contribution in [0.1, 0.15) is 47.0 Å². The number of hydrogen-bond donors (Lipinski definition) is 1. The van der Waals surface area contributed by atoms with E-state index in [2.05, 4.69) is 37.9 Å². The molecule has 92 valence electrons. The normalized spacial score (nSPS) is 34.1. The van der Waals surface area contributed by atoms with Crippen molar-refractivity contribution >= 4 is 5.91 Å². The standard InChI is InChI=1S/C13H24N2O/c1-9(2)11-12(16)15(8-14-11)10-5-6-13(3,4)7-10/h9-11,14H,5-8H2,1-4H3. The Hall–Kier alpha value is -0.570. The molecule has 1 N–H and O–H groups in total. The van der Waals surface area contributed by atoms with E-state index in [1.807, 2.05) is 0 Å². The molecule has 2 fully saturated rings. The SMILES string of the molecule is CC(C)C1NCN(C2CCC(C)(C)C2)C1=O. The van der Waals surface area contributed by atoms with Crippen molar-refractivity contribution in [2.24, 2.45) is 11.3 Å². The van der Waals surface area contributed by atoms with E-state index in [-0.39, 0.29) is 6.04 Å². The predicted molar refractivity (Wildman–Crippen MR) is 64.9 cm³/mol. The molecule has 3 heteroatoms. The molecule has 1 aliphatic heterocycles. The van der Waals surface area contributed by atoms with Gasteiger partial charge in [0.05, 0.1) is 12.7 Å². The number of amides is 1. The molecule has 1 amide bonds. The van der Waals surface area contributed by atoms with Crippen molar-refractivity contribution in [3.8, 4) is 0 Å². The summed E-state index contributed by atoms with van der Waals surface area (Å²) in [4.78, 5) is 14.3. The van der Waals surface area contributed by atoms with Gasteiger partial charge in [0.1, 0.15) is 0 Å². The van der Waals surface area contributed by atoms with Crippen LogP contribution >= 0.6 is 0 Å². The molecule has 2 rings (SSSR count). The summed E-state index contributed by atoms with van der Waals surface area (Å²) in [7, 11) is 0. The molecule has 1 heterocycles. The van der Waals surface area contributed by atoms with E-state index in [1.54, 1.807) is 0 Å². The van der Waals surface area contributed by atoms with Crippen LogP contribution in [0.15, 0.2) is 0 Å². The van der Waals surface area contributed by atoms with Crippen LogP contribution in [-0.2, 0) is 4.79 Å². The molecular weight excluding hydrogens is 200 g/mol. The summed E-state index contributed by atoms with van der Waals surface area (Å²) in [6.07, 6.45) is 3.57. The minimum atomic E-state index is 0.0451. The maximum absolute atomic E-state index is 12.2. The van der Waals surface area contributed by atoms with Crippen molar-refractivity contribution in [2.75, 3.05) is 6.67 Å². The molecule has 2 aliphatic rings. The Morgan fingerprint density at radius 3 is 2.56 bits per heavy atom. The Morgan fingerprint density at radius 1 is 1.44 bits per heavy atom. The quantitative estimate of drug-likeness (QED) is 0.778. The summed E-state index contributed by atoms with van der Waals surface area (Å²) < 4.78 is 0. The van der Waals surface area contributed by atoms with Crippen LogP contribution in [0.3, 0.4) is 0 Å². The lowest BCUT2D eigenvalue weighted by atomic mass is 9.91. The van der Waals surface area contributed by atoms with E-state index in [1.165, 1.54) is 12.8 Å². The van der Waals surface area contributed by atoms with Crippen molar-refractivity contribution < 1.29 is 4.79 Å². The molecule has 0 aromatic heterocycles. The van der Waals surface area contributed by atoms with Gasteiger partial charge in [0.2, 0.25) is 5.91 Å². The van der Waals surface area contributed by atoms with Crippen LogP contribution in [0.4, 0.5) is 0 Å². The second-order valence-electron chi connectivity index (χ2n) is 6.45. The summed E-state index contributed by atoms with van der Waals surface area (Å²) in [6.45, 7) is 9.58. The smallest absolute Gasteiger partial charge is 0.241 e. The second-order valence-corrected chi connectivity index (χ2v) is 6.45. The van der Waals surface area contributed by atoms with Gasteiger partial charge in [-0.25, -0.2) is 0 Å². The number of hydrogen-bond acceptors (Lipinski definition) is 2. The zero-order valence-electron chi connectivity index (χ0n) is 10.9. The van der Waals surface area contributed by atoms with E-state index in [0.717, 1.165) is 13.1 Å². The van der Waals surface area contributed by atoms with Crippen LogP contribution in [0.25, 0.3) is 0 Å². The van der Waals surface area contributed by atoms with E-state index >= 15 is 0 Å². The third-order valence-corrected chi connectivity index (χ3v) is 4.08. The first kappa shape index (κ1) is 11.9. The Morgan fingerprint density at radius 2 is 2.12 bits per heavy atom. The largest absolute Gasteiger partial charge is 0.326 e. The zero-order valence-corrected chi connectivity index (χ0v) is 10.9. The molecular formula is C13H24N2O. The molecule has 0 aromatic rings. The van der Waals surface area contributed by atoms with Gasteiger partial charge in [0.15, 0.2) is 0 Å². The fraction of sp³-hybridized carbons (Fsp3) is 0.923. The van der Waals surface area contributed by atoms with Crippen molar-refractivity contribution in [2.45, 2.75) is 59.0 Å². The Labute approximate surface area is 98.6 Å². The molecule has 1 saturated heterocycles. The minimum absolute atomic E-state index is 0.0451. The van der Waals surface area contributed by atoms with Gasteiger partial charge in [0, 0.05) is 6.04 Å². The van der Waals surface area contributed by atoms with Crippen LogP contribution in [0.5, 0.6) is 0 Å². The van der Waals surface area contributed by atoms with Crippen LogP contribution in [-0.4, -0.2) is 29.6 Å². The van der Waals surface area contributed by atoms with Crippen molar-refractivity contribution in [1.29, 1.82) is 0 Å². The van der Waals surface area contributed by atoms with E-state index in [4.69, 9.17) is 0 Å². The number of nitrogens with one attached hydrogen (secondary N) is 1. The Bertz CT molecular complexity index is 286. The first-order valence-electron chi connectivity index (χ1n) is 6.44. The number of nitrogens with zero attached hydrogens (tertiary/aromatic N) is 1. The molecule has 16 heavy (non-hydrogen) atoms. The lowest BCUT2D eigenvalue weighted by molar-refractivity contribution is -0.131. The van der Waals surface area contributed by atoms with E-state index in [9.17, 15) is 4.79 Å². The molecule has 1 aliphatic carbocycles.